The van der Waals surface area contributed by atoms with Gasteiger partial charge < -0.3 is 15.0 Å². The lowest BCUT2D eigenvalue weighted by atomic mass is 10.0. The van der Waals surface area contributed by atoms with Crippen LogP contribution in [-0.4, -0.2) is 44.6 Å². The number of amides is 1. The number of aliphatic hydroxyl groups excluding tert-OH is 1. The van der Waals surface area contributed by atoms with E-state index in [-0.39, 0.29) is 11.9 Å². The number of aromatic nitrogens is 2. The summed E-state index contributed by atoms with van der Waals surface area (Å²) in [5.41, 5.74) is 1.67. The first-order valence-corrected chi connectivity index (χ1v) is 6.76. The number of rotatable bonds is 3. The third-order valence-corrected chi connectivity index (χ3v) is 3.78. The molecule has 0 aromatic carbocycles. The molecule has 0 radical (unpaired) electrons. The Morgan fingerprint density at radius 3 is 3.10 bits per heavy atom. The summed E-state index contributed by atoms with van der Waals surface area (Å²) < 4.78 is 0. The van der Waals surface area contributed by atoms with Crippen LogP contribution in [0.3, 0.4) is 0 Å². The largest absolute Gasteiger partial charge is 0.391 e. The predicted octanol–water partition coefficient (Wildman–Crippen LogP) is 1.23. The van der Waals surface area contributed by atoms with E-state index in [2.05, 4.69) is 9.97 Å². The topological polar surface area (TPSA) is 69.2 Å². The quantitative estimate of drug-likeness (QED) is 0.882. The second kappa shape index (κ2) is 5.46. The number of nitrogens with zero attached hydrogens (tertiary/aromatic N) is 2. The van der Waals surface area contributed by atoms with E-state index >= 15 is 0 Å². The molecular weight excluding hydrogens is 254 g/mol. The summed E-state index contributed by atoms with van der Waals surface area (Å²) in [6.07, 6.45) is 7.70. The Bertz CT molecular complexity index is 568. The Labute approximate surface area is 117 Å². The van der Waals surface area contributed by atoms with Crippen LogP contribution in [0.25, 0.3) is 0 Å². The number of aromatic amines is 1. The summed E-state index contributed by atoms with van der Waals surface area (Å²) in [6.45, 7) is 0.593. The Kier molecular flexibility index (Phi) is 3.52. The fourth-order valence-electron chi connectivity index (χ4n) is 2.72. The molecule has 0 bridgehead atoms. The van der Waals surface area contributed by atoms with E-state index in [1.807, 2.05) is 12.1 Å². The lowest BCUT2D eigenvalue weighted by molar-refractivity contribution is 0.0640. The van der Waals surface area contributed by atoms with Crippen LogP contribution in [-0.2, 0) is 6.42 Å². The van der Waals surface area contributed by atoms with E-state index in [1.54, 1.807) is 35.8 Å². The van der Waals surface area contributed by atoms with Crippen molar-refractivity contribution in [1.29, 1.82) is 0 Å². The van der Waals surface area contributed by atoms with E-state index in [1.165, 1.54) is 0 Å². The summed E-state index contributed by atoms with van der Waals surface area (Å²) in [5.74, 6) is -0.0308. The monoisotopic (exact) mass is 271 g/mol. The molecule has 0 saturated carbocycles. The minimum absolute atomic E-state index is 0.0308. The molecule has 0 aliphatic carbocycles. The standard InChI is InChI=1S/C15H17N3O2/c19-14-4-7-18(15(20)12-3-6-17-10-12)13(14)8-11-2-1-5-16-9-11/h1-3,5-6,9-10,13-14,17,19H,4,7-8H2/t13-,14-/m0/s1. The number of carbonyl (C=O) groups excluding carboxylic acids is 1. The van der Waals surface area contributed by atoms with Crippen LogP contribution in [0.5, 0.6) is 0 Å². The molecule has 20 heavy (non-hydrogen) atoms. The molecule has 5 heteroatoms. The van der Waals surface area contributed by atoms with Crippen molar-refractivity contribution in [1.82, 2.24) is 14.9 Å². The second-order valence-corrected chi connectivity index (χ2v) is 5.09. The molecule has 5 nitrogen and oxygen atoms in total. The second-order valence-electron chi connectivity index (χ2n) is 5.09. The first-order valence-electron chi connectivity index (χ1n) is 6.76. The molecule has 1 saturated heterocycles. The number of aliphatic hydroxyl groups is 1. The number of carbonyl (C=O) groups is 1. The van der Waals surface area contributed by atoms with Crippen molar-refractivity contribution in [3.8, 4) is 0 Å². The third-order valence-electron chi connectivity index (χ3n) is 3.78. The normalized spacial score (nSPS) is 22.1. The zero-order chi connectivity index (χ0) is 13.9. The van der Waals surface area contributed by atoms with Gasteiger partial charge in [0.05, 0.1) is 17.7 Å². The Hall–Kier alpha value is -2.14. The molecule has 2 aromatic rings. The first-order chi connectivity index (χ1) is 9.75. The highest BCUT2D eigenvalue weighted by molar-refractivity contribution is 5.94. The molecule has 3 rings (SSSR count). The zero-order valence-corrected chi connectivity index (χ0v) is 11.1. The van der Waals surface area contributed by atoms with Gasteiger partial charge in [-0.1, -0.05) is 6.07 Å². The van der Waals surface area contributed by atoms with Crippen molar-refractivity contribution in [3.05, 3.63) is 54.1 Å². The fourth-order valence-corrected chi connectivity index (χ4v) is 2.72. The van der Waals surface area contributed by atoms with Crippen LogP contribution in [0, 0.1) is 0 Å². The number of hydrogen-bond acceptors (Lipinski definition) is 3. The van der Waals surface area contributed by atoms with Gasteiger partial charge in [-0.05, 0) is 30.5 Å². The van der Waals surface area contributed by atoms with Gasteiger partial charge in [0, 0.05) is 31.3 Å². The van der Waals surface area contributed by atoms with Crippen molar-refractivity contribution >= 4 is 5.91 Å². The third kappa shape index (κ3) is 2.44. The molecule has 2 aromatic heterocycles. The lowest BCUT2D eigenvalue weighted by Crippen LogP contribution is -2.41. The molecule has 3 heterocycles. The number of hydrogen-bond donors (Lipinski definition) is 2. The van der Waals surface area contributed by atoms with Gasteiger partial charge in [-0.2, -0.15) is 0 Å². The van der Waals surface area contributed by atoms with Crippen molar-refractivity contribution in [2.45, 2.75) is 25.0 Å². The summed E-state index contributed by atoms with van der Waals surface area (Å²) in [7, 11) is 0. The number of pyridine rings is 1. The molecule has 1 amide bonds. The molecule has 104 valence electrons. The summed E-state index contributed by atoms with van der Waals surface area (Å²) in [5, 5.41) is 10.1. The van der Waals surface area contributed by atoms with E-state index < -0.39 is 6.10 Å². The molecule has 0 spiro atoms. The Morgan fingerprint density at radius 1 is 1.50 bits per heavy atom. The zero-order valence-electron chi connectivity index (χ0n) is 11.1. The van der Waals surface area contributed by atoms with Gasteiger partial charge in [0.2, 0.25) is 0 Å². The van der Waals surface area contributed by atoms with Crippen molar-refractivity contribution < 1.29 is 9.90 Å². The average Bonchev–Trinajstić information content (AvgIpc) is 3.11. The van der Waals surface area contributed by atoms with Crippen LogP contribution in [0.1, 0.15) is 22.3 Å². The van der Waals surface area contributed by atoms with Gasteiger partial charge in [-0.25, -0.2) is 0 Å². The van der Waals surface area contributed by atoms with Gasteiger partial charge in [0.15, 0.2) is 0 Å². The molecule has 2 N–H and O–H groups in total. The van der Waals surface area contributed by atoms with Gasteiger partial charge in [-0.15, -0.1) is 0 Å². The lowest BCUT2D eigenvalue weighted by Gasteiger charge is -2.26. The summed E-state index contributed by atoms with van der Waals surface area (Å²) in [4.78, 5) is 21.2. The maximum Gasteiger partial charge on any atom is 0.255 e. The smallest absolute Gasteiger partial charge is 0.255 e. The van der Waals surface area contributed by atoms with Crippen molar-refractivity contribution in [2.75, 3.05) is 6.54 Å². The molecule has 2 atom stereocenters. The number of nitrogens with one attached hydrogen (secondary N) is 1. The molecule has 0 unspecified atom stereocenters. The van der Waals surface area contributed by atoms with Crippen LogP contribution in [0.4, 0.5) is 0 Å². The minimum Gasteiger partial charge on any atom is -0.391 e. The van der Waals surface area contributed by atoms with Crippen LogP contribution in [0.15, 0.2) is 43.0 Å². The van der Waals surface area contributed by atoms with Gasteiger partial charge in [0.1, 0.15) is 0 Å². The van der Waals surface area contributed by atoms with Crippen LogP contribution >= 0.6 is 0 Å². The minimum atomic E-state index is -0.474. The maximum absolute atomic E-state index is 12.4. The van der Waals surface area contributed by atoms with Gasteiger partial charge in [-0.3, -0.25) is 9.78 Å². The molecular formula is C15H17N3O2. The van der Waals surface area contributed by atoms with E-state index in [0.29, 0.717) is 24.9 Å². The first kappa shape index (κ1) is 12.9. The van der Waals surface area contributed by atoms with Crippen LogP contribution in [0.2, 0.25) is 0 Å². The number of H-pyrrole nitrogens is 1. The summed E-state index contributed by atoms with van der Waals surface area (Å²) >= 11 is 0. The number of likely N-dealkylation sites (tertiary alicyclic amines) is 1. The maximum atomic E-state index is 12.4. The highest BCUT2D eigenvalue weighted by atomic mass is 16.3. The SMILES string of the molecule is O=C(c1cc[nH]c1)N1CC[C@H](O)[C@@H]1Cc1cccnc1. The highest BCUT2D eigenvalue weighted by Crippen LogP contribution is 2.23. The Balaban J connectivity index is 1.78. The predicted molar refractivity (Wildman–Crippen MR) is 74.2 cm³/mol. The Morgan fingerprint density at radius 2 is 2.40 bits per heavy atom. The van der Waals surface area contributed by atoms with E-state index in [0.717, 1.165) is 5.56 Å². The van der Waals surface area contributed by atoms with Crippen LogP contribution < -0.4 is 0 Å². The van der Waals surface area contributed by atoms with Crippen molar-refractivity contribution in [3.63, 3.8) is 0 Å². The molecule has 1 aliphatic rings. The van der Waals surface area contributed by atoms with Crippen molar-refractivity contribution in [2.24, 2.45) is 0 Å². The molecule has 1 aliphatic heterocycles. The summed E-state index contributed by atoms with van der Waals surface area (Å²) in [6, 6.07) is 5.42. The van der Waals surface area contributed by atoms with E-state index in [9.17, 15) is 9.90 Å². The van der Waals surface area contributed by atoms with Gasteiger partial charge >= 0.3 is 0 Å². The van der Waals surface area contributed by atoms with Gasteiger partial charge in [0.25, 0.3) is 5.91 Å². The van der Waals surface area contributed by atoms with E-state index in [4.69, 9.17) is 0 Å². The molecule has 1 fully saturated rings. The average molecular weight is 271 g/mol. The highest BCUT2D eigenvalue weighted by Gasteiger charge is 2.36. The fraction of sp³-hybridized carbons (Fsp3) is 0.333.